The first-order chi connectivity index (χ1) is 12.8. The molecule has 134 valence electrons. The highest BCUT2D eigenvalue weighted by Gasteiger charge is 2.26. The lowest BCUT2D eigenvalue weighted by Gasteiger charge is -2.24. The third kappa shape index (κ3) is 3.20. The molecule has 1 atom stereocenters. The highest BCUT2D eigenvalue weighted by Crippen LogP contribution is 2.32. The van der Waals surface area contributed by atoms with Crippen molar-refractivity contribution >= 4 is 10.9 Å². The summed E-state index contributed by atoms with van der Waals surface area (Å²) in [5.74, 6) is 0.886. The first kappa shape index (κ1) is 16.7. The van der Waals surface area contributed by atoms with Gasteiger partial charge in [0.25, 0.3) is 5.56 Å². The Balaban J connectivity index is 1.57. The topological polar surface area (TPSA) is 60.2 Å². The molecule has 3 aromatic rings. The molecule has 0 N–H and O–H groups in total. The van der Waals surface area contributed by atoms with Gasteiger partial charge in [0.1, 0.15) is 11.3 Å². The second kappa shape index (κ2) is 7.25. The van der Waals surface area contributed by atoms with E-state index in [-0.39, 0.29) is 11.6 Å². The summed E-state index contributed by atoms with van der Waals surface area (Å²) in [6, 6.07) is 15.9. The van der Waals surface area contributed by atoms with E-state index in [1.54, 1.807) is 6.07 Å². The molecule has 0 aliphatic carbocycles. The molecule has 4 rings (SSSR count). The Morgan fingerprint density at radius 1 is 1.15 bits per heavy atom. The number of ether oxygens (including phenoxy) is 1. The molecule has 0 unspecified atom stereocenters. The Labute approximate surface area is 152 Å². The fourth-order valence-corrected chi connectivity index (χ4v) is 3.61. The highest BCUT2D eigenvalue weighted by atomic mass is 16.5. The van der Waals surface area contributed by atoms with Gasteiger partial charge in [-0.3, -0.25) is 9.69 Å². The first-order valence-electron chi connectivity index (χ1n) is 9.05. The van der Waals surface area contributed by atoms with Gasteiger partial charge in [-0.15, -0.1) is 5.10 Å². The number of hydrogen-bond donors (Lipinski definition) is 0. The summed E-state index contributed by atoms with van der Waals surface area (Å²) in [5, 5.41) is 8.92. The molecule has 0 bridgehead atoms. The summed E-state index contributed by atoms with van der Waals surface area (Å²) in [5.41, 5.74) is 1.79. The average Bonchev–Trinajstić information content (AvgIpc) is 3.13. The summed E-state index contributed by atoms with van der Waals surface area (Å²) in [6.07, 6.45) is 2.18. The predicted octanol–water partition coefficient (Wildman–Crippen LogP) is 2.98. The van der Waals surface area contributed by atoms with Gasteiger partial charge >= 0.3 is 0 Å². The second-order valence-electron chi connectivity index (χ2n) is 6.53. The van der Waals surface area contributed by atoms with Crippen LogP contribution in [0.25, 0.3) is 10.9 Å². The molecule has 1 aliphatic rings. The van der Waals surface area contributed by atoms with Crippen molar-refractivity contribution < 1.29 is 4.74 Å². The maximum atomic E-state index is 12.7. The van der Waals surface area contributed by atoms with E-state index in [1.807, 2.05) is 37.3 Å². The van der Waals surface area contributed by atoms with Gasteiger partial charge in [0, 0.05) is 12.6 Å². The van der Waals surface area contributed by atoms with Gasteiger partial charge in [-0.25, -0.2) is 0 Å². The van der Waals surface area contributed by atoms with E-state index in [9.17, 15) is 4.79 Å². The van der Waals surface area contributed by atoms with Crippen LogP contribution in [0.15, 0.2) is 53.3 Å². The van der Waals surface area contributed by atoms with E-state index in [1.165, 1.54) is 10.2 Å². The summed E-state index contributed by atoms with van der Waals surface area (Å²) in [6.45, 7) is 4.04. The van der Waals surface area contributed by atoms with E-state index in [4.69, 9.17) is 4.74 Å². The Morgan fingerprint density at radius 3 is 2.77 bits per heavy atom. The number of benzene rings is 2. The normalized spacial score (nSPS) is 17.7. The van der Waals surface area contributed by atoms with Gasteiger partial charge < -0.3 is 4.74 Å². The number of fused-ring (bicyclic) bond motifs is 1. The fraction of sp³-hybridized carbons (Fsp3) is 0.350. The van der Waals surface area contributed by atoms with E-state index >= 15 is 0 Å². The molecule has 26 heavy (non-hydrogen) atoms. The molecule has 1 fully saturated rings. The van der Waals surface area contributed by atoms with Crippen molar-refractivity contribution in [2.24, 2.45) is 0 Å². The lowest BCUT2D eigenvalue weighted by atomic mass is 10.0. The Kier molecular flexibility index (Phi) is 4.67. The molecule has 1 aliphatic heterocycles. The van der Waals surface area contributed by atoms with Crippen LogP contribution < -0.4 is 10.3 Å². The van der Waals surface area contributed by atoms with Crippen molar-refractivity contribution in [3.05, 3.63) is 64.4 Å². The van der Waals surface area contributed by atoms with Crippen molar-refractivity contribution in [3.8, 4) is 5.75 Å². The maximum Gasteiger partial charge on any atom is 0.278 e. The molecule has 1 aromatic heterocycles. The number of rotatable bonds is 5. The predicted molar refractivity (Wildman–Crippen MR) is 100 cm³/mol. The van der Waals surface area contributed by atoms with Crippen LogP contribution in [-0.2, 0) is 6.67 Å². The lowest BCUT2D eigenvalue weighted by molar-refractivity contribution is 0.184. The quantitative estimate of drug-likeness (QED) is 0.708. The molecule has 0 saturated carbocycles. The molecule has 2 heterocycles. The van der Waals surface area contributed by atoms with Crippen molar-refractivity contribution in [2.45, 2.75) is 32.5 Å². The van der Waals surface area contributed by atoms with Gasteiger partial charge in [-0.1, -0.05) is 29.5 Å². The fourth-order valence-electron chi connectivity index (χ4n) is 3.61. The van der Waals surface area contributed by atoms with Crippen LogP contribution in [0.3, 0.4) is 0 Å². The van der Waals surface area contributed by atoms with E-state index < -0.39 is 0 Å². The minimum absolute atomic E-state index is 0.0899. The van der Waals surface area contributed by atoms with Crippen LogP contribution in [0.2, 0.25) is 0 Å². The van der Waals surface area contributed by atoms with Crippen LogP contribution in [0, 0.1) is 0 Å². The number of likely N-dealkylation sites (tertiary alicyclic amines) is 1. The van der Waals surface area contributed by atoms with E-state index in [0.29, 0.717) is 24.2 Å². The molecule has 1 saturated heterocycles. The number of hydrogen-bond acceptors (Lipinski definition) is 5. The number of nitrogens with zero attached hydrogens (tertiary/aromatic N) is 4. The SMILES string of the molecule is CCOc1ccc([C@H]2CCCN2Cn2nnc3ccccc3c2=O)cc1. The highest BCUT2D eigenvalue weighted by molar-refractivity contribution is 5.76. The van der Waals surface area contributed by atoms with Crippen molar-refractivity contribution in [3.63, 3.8) is 0 Å². The minimum atomic E-state index is -0.0899. The molecule has 6 nitrogen and oxygen atoms in total. The second-order valence-corrected chi connectivity index (χ2v) is 6.53. The van der Waals surface area contributed by atoms with E-state index in [0.717, 1.165) is 25.1 Å². The van der Waals surface area contributed by atoms with Gasteiger partial charge in [0.15, 0.2) is 0 Å². The summed E-state index contributed by atoms with van der Waals surface area (Å²) in [7, 11) is 0. The van der Waals surface area contributed by atoms with Gasteiger partial charge in [0.2, 0.25) is 0 Å². The molecular weight excluding hydrogens is 328 g/mol. The summed E-state index contributed by atoms with van der Waals surface area (Å²) >= 11 is 0. The van der Waals surface area contributed by atoms with Crippen LogP contribution in [0.5, 0.6) is 5.75 Å². The molecular formula is C20H22N4O2. The first-order valence-corrected chi connectivity index (χ1v) is 9.05. The van der Waals surface area contributed by atoms with Crippen molar-refractivity contribution in [1.29, 1.82) is 0 Å². The lowest BCUT2D eigenvalue weighted by Crippen LogP contribution is -2.34. The van der Waals surface area contributed by atoms with Gasteiger partial charge in [-0.2, -0.15) is 4.68 Å². The Bertz CT molecular complexity index is 952. The standard InChI is InChI=1S/C20H22N4O2/c1-2-26-16-11-9-15(10-12-16)19-8-5-13-23(19)14-24-20(25)17-6-3-4-7-18(17)21-22-24/h3-4,6-7,9-12,19H,2,5,8,13-14H2,1H3/t19-/m1/s1. The average molecular weight is 350 g/mol. The third-order valence-electron chi connectivity index (χ3n) is 4.88. The Hall–Kier alpha value is -2.73. The van der Waals surface area contributed by atoms with E-state index in [2.05, 4.69) is 27.3 Å². The van der Waals surface area contributed by atoms with Crippen LogP contribution >= 0.6 is 0 Å². The number of aromatic nitrogens is 3. The van der Waals surface area contributed by atoms with Crippen molar-refractivity contribution in [2.75, 3.05) is 13.2 Å². The van der Waals surface area contributed by atoms with Crippen LogP contribution in [-0.4, -0.2) is 33.0 Å². The van der Waals surface area contributed by atoms with Crippen LogP contribution in [0.4, 0.5) is 0 Å². The largest absolute Gasteiger partial charge is 0.494 e. The molecule has 0 amide bonds. The molecule has 6 heteroatoms. The zero-order chi connectivity index (χ0) is 17.9. The molecule has 2 aromatic carbocycles. The maximum absolute atomic E-state index is 12.7. The smallest absolute Gasteiger partial charge is 0.278 e. The molecule has 0 spiro atoms. The zero-order valence-corrected chi connectivity index (χ0v) is 14.8. The zero-order valence-electron chi connectivity index (χ0n) is 14.8. The van der Waals surface area contributed by atoms with Gasteiger partial charge in [-0.05, 0) is 49.6 Å². The summed E-state index contributed by atoms with van der Waals surface area (Å²) < 4.78 is 6.99. The molecule has 0 radical (unpaired) electrons. The summed E-state index contributed by atoms with van der Waals surface area (Å²) in [4.78, 5) is 15.0. The van der Waals surface area contributed by atoms with Crippen LogP contribution in [0.1, 0.15) is 31.4 Å². The monoisotopic (exact) mass is 350 g/mol. The third-order valence-corrected chi connectivity index (χ3v) is 4.88. The Morgan fingerprint density at radius 2 is 1.96 bits per heavy atom. The van der Waals surface area contributed by atoms with Gasteiger partial charge in [0.05, 0.1) is 18.7 Å². The minimum Gasteiger partial charge on any atom is -0.494 e. The van der Waals surface area contributed by atoms with Crippen molar-refractivity contribution in [1.82, 2.24) is 19.9 Å².